The van der Waals surface area contributed by atoms with Gasteiger partial charge in [0.15, 0.2) is 0 Å². The second-order valence-electron chi connectivity index (χ2n) is 5.92. The topological polar surface area (TPSA) is 105 Å². The van der Waals surface area contributed by atoms with Gasteiger partial charge in [-0.1, -0.05) is 0 Å². The zero-order valence-electron chi connectivity index (χ0n) is 14.1. The molecule has 0 aliphatic carbocycles. The number of aliphatic hydroxyl groups is 1. The summed E-state index contributed by atoms with van der Waals surface area (Å²) in [6.45, 7) is 1.40. The van der Waals surface area contributed by atoms with Crippen molar-refractivity contribution in [2.24, 2.45) is 0 Å². The van der Waals surface area contributed by atoms with Gasteiger partial charge in [-0.15, -0.1) is 0 Å². The van der Waals surface area contributed by atoms with E-state index in [2.05, 4.69) is 0 Å². The van der Waals surface area contributed by atoms with Gasteiger partial charge in [0.05, 0.1) is 17.4 Å². The third-order valence-corrected chi connectivity index (χ3v) is 6.28. The molecule has 0 spiro atoms. The number of carbonyl (C=O) groups is 1. The van der Waals surface area contributed by atoms with Crippen molar-refractivity contribution in [1.29, 1.82) is 0 Å². The number of carbonyl (C=O) groups excluding carboxylic acids is 1. The number of hydroxylamine groups is 1. The Labute approximate surface area is 149 Å². The Morgan fingerprint density at radius 3 is 2.48 bits per heavy atom. The van der Waals surface area contributed by atoms with E-state index >= 15 is 0 Å². The van der Waals surface area contributed by atoms with Gasteiger partial charge >= 0.3 is 0 Å². The molecule has 8 heteroatoms. The van der Waals surface area contributed by atoms with Crippen molar-refractivity contribution >= 4 is 16.7 Å². The van der Waals surface area contributed by atoms with Gasteiger partial charge in [0.1, 0.15) is 10.5 Å². The monoisotopic (exact) mass is 371 g/mol. The van der Waals surface area contributed by atoms with Crippen LogP contribution >= 0.6 is 0 Å². The lowest BCUT2D eigenvalue weighted by Gasteiger charge is -2.33. The lowest BCUT2D eigenvalue weighted by molar-refractivity contribution is -0.134. The molecule has 1 unspecified atom stereocenters. The van der Waals surface area contributed by atoms with E-state index in [1.54, 1.807) is 29.7 Å². The molecule has 1 heterocycles. The summed E-state index contributed by atoms with van der Waals surface area (Å²) in [4.78, 5) is 12.7. The second kappa shape index (κ2) is 9.86. The SMILES string of the molecule is O=C(NO)C1(S(=O)c2ccc(OCCCCCO)cc2)CCOCC1. The molecule has 1 atom stereocenters. The minimum atomic E-state index is -1.61. The van der Waals surface area contributed by atoms with Crippen LogP contribution in [0.3, 0.4) is 0 Å². The van der Waals surface area contributed by atoms with Gasteiger partial charge in [0.2, 0.25) is 0 Å². The highest BCUT2D eigenvalue weighted by Gasteiger charge is 2.46. The molecule has 1 aromatic rings. The molecule has 25 heavy (non-hydrogen) atoms. The number of hydrogen-bond acceptors (Lipinski definition) is 6. The van der Waals surface area contributed by atoms with Crippen molar-refractivity contribution in [2.75, 3.05) is 26.4 Å². The van der Waals surface area contributed by atoms with Crippen LogP contribution in [0.4, 0.5) is 0 Å². The Bertz CT molecular complexity index is 571. The molecular weight excluding hydrogens is 346 g/mol. The normalized spacial score (nSPS) is 17.7. The van der Waals surface area contributed by atoms with Crippen LogP contribution in [0.15, 0.2) is 29.2 Å². The number of nitrogens with one attached hydrogen (secondary N) is 1. The Kier molecular flexibility index (Phi) is 7.83. The molecule has 0 bridgehead atoms. The highest BCUT2D eigenvalue weighted by Crippen LogP contribution is 2.32. The van der Waals surface area contributed by atoms with Gasteiger partial charge in [0.25, 0.3) is 5.91 Å². The predicted octanol–water partition coefficient (Wildman–Crippen LogP) is 1.39. The van der Waals surface area contributed by atoms with Crippen molar-refractivity contribution in [3.05, 3.63) is 24.3 Å². The van der Waals surface area contributed by atoms with E-state index in [0.29, 0.717) is 30.5 Å². The maximum absolute atomic E-state index is 13.0. The molecule has 3 N–H and O–H groups in total. The minimum Gasteiger partial charge on any atom is -0.494 e. The summed E-state index contributed by atoms with van der Waals surface area (Å²) in [5.41, 5.74) is 1.65. The number of benzene rings is 1. The molecule has 1 aliphatic heterocycles. The first-order valence-electron chi connectivity index (χ1n) is 8.42. The smallest absolute Gasteiger partial charge is 0.262 e. The molecule has 0 aromatic heterocycles. The first kappa shape index (κ1) is 19.8. The van der Waals surface area contributed by atoms with E-state index in [1.165, 1.54) is 0 Å². The maximum atomic E-state index is 13.0. The van der Waals surface area contributed by atoms with Crippen LogP contribution in [0.2, 0.25) is 0 Å². The van der Waals surface area contributed by atoms with E-state index in [-0.39, 0.29) is 19.4 Å². The van der Waals surface area contributed by atoms with E-state index in [9.17, 15) is 9.00 Å². The molecule has 1 aliphatic rings. The number of unbranched alkanes of at least 4 members (excludes halogenated alkanes) is 2. The lowest BCUT2D eigenvalue weighted by Crippen LogP contribution is -2.52. The van der Waals surface area contributed by atoms with Crippen molar-refractivity contribution in [2.45, 2.75) is 41.7 Å². The maximum Gasteiger partial charge on any atom is 0.262 e. The number of rotatable bonds is 9. The summed E-state index contributed by atoms with van der Waals surface area (Å²) < 4.78 is 22.7. The third kappa shape index (κ3) is 5.01. The first-order chi connectivity index (χ1) is 12.1. The van der Waals surface area contributed by atoms with Crippen molar-refractivity contribution in [1.82, 2.24) is 5.48 Å². The fourth-order valence-electron chi connectivity index (χ4n) is 2.77. The Hall–Kier alpha value is -1.48. The molecular formula is C17H25NO6S. The van der Waals surface area contributed by atoms with Gasteiger partial charge in [-0.05, 0) is 56.4 Å². The molecule has 1 fully saturated rings. The average molecular weight is 371 g/mol. The molecule has 1 aromatic carbocycles. The fourth-order valence-corrected chi connectivity index (χ4v) is 4.35. The van der Waals surface area contributed by atoms with Crippen LogP contribution in [0.25, 0.3) is 0 Å². The fraction of sp³-hybridized carbons (Fsp3) is 0.588. The summed E-state index contributed by atoms with van der Waals surface area (Å²) >= 11 is 0. The van der Waals surface area contributed by atoms with Gasteiger partial charge in [0, 0.05) is 24.7 Å². The van der Waals surface area contributed by atoms with Crippen LogP contribution in [-0.2, 0) is 20.3 Å². The van der Waals surface area contributed by atoms with Gasteiger partial charge in [-0.3, -0.25) is 14.2 Å². The highest BCUT2D eigenvalue weighted by molar-refractivity contribution is 7.87. The molecule has 1 saturated heterocycles. The zero-order chi connectivity index (χ0) is 18.1. The molecule has 0 radical (unpaired) electrons. The minimum absolute atomic E-state index is 0.189. The second-order valence-corrected chi connectivity index (χ2v) is 7.71. The number of hydrogen-bond donors (Lipinski definition) is 3. The lowest BCUT2D eigenvalue weighted by atomic mass is 9.98. The summed E-state index contributed by atoms with van der Waals surface area (Å²) in [7, 11) is -1.61. The van der Waals surface area contributed by atoms with Gasteiger partial charge < -0.3 is 14.6 Å². The van der Waals surface area contributed by atoms with Crippen LogP contribution < -0.4 is 10.2 Å². The molecule has 1 amide bonds. The van der Waals surface area contributed by atoms with Crippen molar-refractivity contribution in [3.8, 4) is 5.75 Å². The predicted molar refractivity (Wildman–Crippen MR) is 92.0 cm³/mol. The molecule has 2 rings (SSSR count). The molecule has 7 nitrogen and oxygen atoms in total. The highest BCUT2D eigenvalue weighted by atomic mass is 32.2. The van der Waals surface area contributed by atoms with Crippen LogP contribution in [-0.4, -0.2) is 51.6 Å². The number of amides is 1. The van der Waals surface area contributed by atoms with Crippen molar-refractivity contribution in [3.63, 3.8) is 0 Å². The zero-order valence-corrected chi connectivity index (χ0v) is 14.9. The van der Waals surface area contributed by atoms with Crippen LogP contribution in [0.5, 0.6) is 5.75 Å². The van der Waals surface area contributed by atoms with E-state index in [0.717, 1.165) is 19.3 Å². The number of ether oxygens (including phenoxy) is 2. The quantitative estimate of drug-likeness (QED) is 0.344. The summed E-state index contributed by atoms with van der Waals surface area (Å²) in [5.74, 6) is 0.0238. The number of aliphatic hydroxyl groups excluding tert-OH is 1. The summed E-state index contributed by atoms with van der Waals surface area (Å²) in [6, 6.07) is 6.81. The van der Waals surface area contributed by atoms with Gasteiger partial charge in [-0.25, -0.2) is 5.48 Å². The van der Waals surface area contributed by atoms with E-state index in [1.807, 2.05) is 0 Å². The summed E-state index contributed by atoms with van der Waals surface area (Å²) in [6.07, 6.45) is 3.09. The van der Waals surface area contributed by atoms with Crippen LogP contribution in [0.1, 0.15) is 32.1 Å². The Morgan fingerprint density at radius 1 is 1.20 bits per heavy atom. The van der Waals surface area contributed by atoms with E-state index in [4.69, 9.17) is 19.8 Å². The van der Waals surface area contributed by atoms with Crippen LogP contribution in [0, 0.1) is 0 Å². The standard InChI is InChI=1S/C17H25NO6S/c19-10-2-1-3-11-24-14-4-6-15(7-5-14)25(22)17(16(20)18-21)8-12-23-13-9-17/h4-7,19,21H,1-3,8-13H2,(H,18,20). The Morgan fingerprint density at radius 2 is 1.88 bits per heavy atom. The molecule has 140 valence electrons. The van der Waals surface area contributed by atoms with Gasteiger partial charge in [-0.2, -0.15) is 0 Å². The Balaban J connectivity index is 2.02. The molecule has 0 saturated carbocycles. The van der Waals surface area contributed by atoms with Crippen molar-refractivity contribution < 1.29 is 28.8 Å². The largest absolute Gasteiger partial charge is 0.494 e. The third-order valence-electron chi connectivity index (χ3n) is 4.28. The van der Waals surface area contributed by atoms with E-state index < -0.39 is 21.5 Å². The average Bonchev–Trinajstić information content (AvgIpc) is 2.67. The first-order valence-corrected chi connectivity index (χ1v) is 9.57. The summed E-state index contributed by atoms with van der Waals surface area (Å²) in [5, 5.41) is 17.8.